The van der Waals surface area contributed by atoms with E-state index in [1.807, 2.05) is 26.1 Å². The van der Waals surface area contributed by atoms with Gasteiger partial charge in [0.1, 0.15) is 6.04 Å². The van der Waals surface area contributed by atoms with Gasteiger partial charge in [-0.1, -0.05) is 17.7 Å². The van der Waals surface area contributed by atoms with Crippen LogP contribution in [0, 0.1) is 0 Å². The fraction of sp³-hybridized carbons (Fsp3) is 0.409. The number of esters is 1. The molecule has 1 atom stereocenters. The second-order valence-electron chi connectivity index (χ2n) is 7.91. The third-order valence-corrected chi connectivity index (χ3v) is 6.67. The van der Waals surface area contributed by atoms with Crippen LogP contribution in [0.5, 0.6) is 0 Å². The summed E-state index contributed by atoms with van der Waals surface area (Å²) in [5.41, 5.74) is 3.64. The van der Waals surface area contributed by atoms with Gasteiger partial charge < -0.3 is 9.64 Å². The fourth-order valence-electron chi connectivity index (χ4n) is 3.62. The first kappa shape index (κ1) is 22.4. The zero-order chi connectivity index (χ0) is 22.4. The molecule has 160 valence electrons. The van der Waals surface area contributed by atoms with Gasteiger partial charge in [-0.2, -0.15) is 0 Å². The molecule has 0 radical (unpaired) electrons. The van der Waals surface area contributed by atoms with Crippen LogP contribution in [0.15, 0.2) is 23.1 Å². The molecule has 1 fully saturated rings. The lowest BCUT2D eigenvalue weighted by molar-refractivity contribution is -0.150. The molecule has 0 aromatic heterocycles. The predicted octanol–water partition coefficient (Wildman–Crippen LogP) is 4.96. The van der Waals surface area contributed by atoms with Crippen LogP contribution in [-0.4, -0.2) is 47.3 Å². The highest BCUT2D eigenvalue weighted by Gasteiger charge is 2.41. The minimum absolute atomic E-state index is 0.145. The summed E-state index contributed by atoms with van der Waals surface area (Å²) in [4.78, 5) is 40.5. The Morgan fingerprint density at radius 2 is 2.00 bits per heavy atom. The van der Waals surface area contributed by atoms with Crippen LogP contribution < -0.4 is 4.90 Å². The highest BCUT2D eigenvalue weighted by atomic mass is 35.5. The van der Waals surface area contributed by atoms with Gasteiger partial charge in [-0.25, -0.2) is 4.79 Å². The summed E-state index contributed by atoms with van der Waals surface area (Å²) in [6.07, 6.45) is 3.79. The van der Waals surface area contributed by atoms with Crippen LogP contribution in [0.25, 0.3) is 11.6 Å². The average Bonchev–Trinajstić information content (AvgIpc) is 2.93. The number of allylic oxidation sites excluding steroid dienone is 1. The molecule has 0 aliphatic carbocycles. The average molecular weight is 449 g/mol. The van der Waals surface area contributed by atoms with Crippen LogP contribution in [0.2, 0.25) is 5.02 Å². The number of hydrogen-bond donors (Lipinski definition) is 0. The zero-order valence-electron chi connectivity index (χ0n) is 17.9. The number of ether oxygens (including phenoxy) is 1. The Morgan fingerprint density at radius 3 is 2.63 bits per heavy atom. The number of carbonyl (C=O) groups excluding carboxylic acids is 3. The molecule has 6 nitrogen and oxygen atoms in total. The molecule has 0 bridgehead atoms. The molecule has 30 heavy (non-hydrogen) atoms. The molecule has 3 rings (SSSR count). The van der Waals surface area contributed by atoms with Gasteiger partial charge in [0, 0.05) is 23.3 Å². The summed E-state index contributed by atoms with van der Waals surface area (Å²) in [6, 6.07) is 2.83. The molecule has 0 saturated carbocycles. The lowest BCUT2D eigenvalue weighted by Gasteiger charge is -2.40. The number of nitrogens with zero attached hydrogens (tertiary/aromatic N) is 2. The second kappa shape index (κ2) is 8.12. The van der Waals surface area contributed by atoms with Gasteiger partial charge in [0.25, 0.3) is 11.1 Å². The van der Waals surface area contributed by atoms with Gasteiger partial charge in [-0.3, -0.25) is 14.5 Å². The molecule has 2 heterocycles. The minimum atomic E-state index is -0.983. The Kier molecular flexibility index (Phi) is 6.07. The number of carbonyl (C=O) groups is 3. The lowest BCUT2D eigenvalue weighted by Crippen LogP contribution is -2.42. The number of anilines is 1. The summed E-state index contributed by atoms with van der Waals surface area (Å²) >= 11 is 7.33. The number of likely N-dealkylation sites (N-methyl/N-ethyl adjacent to an activating group) is 1. The maximum Gasteiger partial charge on any atom is 0.329 e. The van der Waals surface area contributed by atoms with Crippen LogP contribution in [-0.2, 0) is 14.3 Å². The van der Waals surface area contributed by atoms with Crippen molar-refractivity contribution < 1.29 is 19.1 Å². The largest absolute Gasteiger partial charge is 0.464 e. The van der Waals surface area contributed by atoms with Gasteiger partial charge in [-0.05, 0) is 75.7 Å². The smallest absolute Gasteiger partial charge is 0.329 e. The molecule has 2 aliphatic heterocycles. The summed E-state index contributed by atoms with van der Waals surface area (Å²) < 4.78 is 4.94. The van der Waals surface area contributed by atoms with Gasteiger partial charge in [0.15, 0.2) is 0 Å². The van der Waals surface area contributed by atoms with Crippen molar-refractivity contribution in [3.63, 3.8) is 0 Å². The highest BCUT2D eigenvalue weighted by molar-refractivity contribution is 8.18. The number of thioether (sulfide) groups is 1. The Hall–Kier alpha value is -2.25. The number of rotatable bonds is 4. The molecule has 2 amide bonds. The van der Waals surface area contributed by atoms with Gasteiger partial charge in [0.05, 0.1) is 17.1 Å². The summed E-state index contributed by atoms with van der Waals surface area (Å²) in [7, 11) is 2.01. The predicted molar refractivity (Wildman–Crippen MR) is 121 cm³/mol. The highest BCUT2D eigenvalue weighted by Crippen LogP contribution is 2.42. The van der Waals surface area contributed by atoms with E-state index in [1.54, 1.807) is 13.0 Å². The molecule has 8 heteroatoms. The standard InChI is InChI=1S/C22H25ClN2O4S/c1-7-29-20(27)13(3)25-19(26)18(30-21(25)28)9-14-8-15-12(2)11-22(4,5)24(6)17(15)10-16(14)23/h8-11,13H,7H2,1-6H3/b18-9-. The number of benzene rings is 1. The maximum atomic E-state index is 12.8. The molecule has 1 aromatic rings. The topological polar surface area (TPSA) is 66.9 Å². The molecule has 0 N–H and O–H groups in total. The van der Waals surface area contributed by atoms with Crippen LogP contribution in [0.1, 0.15) is 45.7 Å². The lowest BCUT2D eigenvalue weighted by atomic mass is 9.88. The third kappa shape index (κ3) is 3.88. The van der Waals surface area contributed by atoms with Crippen molar-refractivity contribution >= 4 is 57.8 Å². The normalized spacial score (nSPS) is 20.4. The van der Waals surface area contributed by atoms with E-state index in [1.165, 1.54) is 6.92 Å². The first-order valence-electron chi connectivity index (χ1n) is 9.68. The van der Waals surface area contributed by atoms with E-state index in [-0.39, 0.29) is 17.1 Å². The zero-order valence-corrected chi connectivity index (χ0v) is 19.5. The molecule has 1 unspecified atom stereocenters. The number of imide groups is 1. The van der Waals surface area contributed by atoms with Gasteiger partial charge in [-0.15, -0.1) is 0 Å². The van der Waals surface area contributed by atoms with Gasteiger partial charge >= 0.3 is 5.97 Å². The van der Waals surface area contributed by atoms with Crippen LogP contribution in [0.3, 0.4) is 0 Å². The fourth-order valence-corrected chi connectivity index (χ4v) is 4.73. The molecule has 2 aliphatic rings. The first-order chi connectivity index (χ1) is 14.0. The van der Waals surface area contributed by atoms with Crippen molar-refractivity contribution in [2.45, 2.75) is 46.2 Å². The van der Waals surface area contributed by atoms with E-state index < -0.39 is 23.2 Å². The van der Waals surface area contributed by atoms with Gasteiger partial charge in [0.2, 0.25) is 0 Å². The molecule has 1 aromatic carbocycles. The minimum Gasteiger partial charge on any atom is -0.464 e. The number of halogens is 1. The Labute approximate surface area is 185 Å². The van der Waals surface area contributed by atoms with E-state index in [9.17, 15) is 14.4 Å². The number of amides is 2. The summed E-state index contributed by atoms with van der Waals surface area (Å²) in [6.45, 7) is 9.63. The second-order valence-corrected chi connectivity index (χ2v) is 9.31. The molecular weight excluding hydrogens is 424 g/mol. The van der Waals surface area contributed by atoms with E-state index in [4.69, 9.17) is 16.3 Å². The van der Waals surface area contributed by atoms with Crippen molar-refractivity contribution in [2.24, 2.45) is 0 Å². The van der Waals surface area contributed by atoms with Crippen molar-refractivity contribution in [1.29, 1.82) is 0 Å². The van der Waals surface area contributed by atoms with Crippen molar-refractivity contribution in [3.05, 3.63) is 39.3 Å². The van der Waals surface area contributed by atoms with Crippen molar-refractivity contribution in [1.82, 2.24) is 4.90 Å². The molecule has 0 spiro atoms. The first-order valence-corrected chi connectivity index (χ1v) is 10.9. The number of hydrogen-bond acceptors (Lipinski definition) is 6. The maximum absolute atomic E-state index is 12.8. The van der Waals surface area contributed by atoms with Crippen molar-refractivity contribution in [2.75, 3.05) is 18.6 Å². The van der Waals surface area contributed by atoms with Crippen molar-refractivity contribution in [3.8, 4) is 0 Å². The summed E-state index contributed by atoms with van der Waals surface area (Å²) in [5.74, 6) is -1.14. The van der Waals surface area contributed by atoms with Crippen LogP contribution in [0.4, 0.5) is 10.5 Å². The molecular formula is C22H25ClN2O4S. The van der Waals surface area contributed by atoms with Crippen LogP contribution >= 0.6 is 23.4 Å². The Bertz CT molecular complexity index is 999. The molecule has 1 saturated heterocycles. The van der Waals surface area contributed by atoms with E-state index >= 15 is 0 Å². The van der Waals surface area contributed by atoms with E-state index in [0.717, 1.165) is 33.5 Å². The Balaban J connectivity index is 1.97. The number of fused-ring (bicyclic) bond motifs is 1. The monoisotopic (exact) mass is 448 g/mol. The van der Waals surface area contributed by atoms with E-state index in [0.29, 0.717) is 10.6 Å². The quantitative estimate of drug-likeness (QED) is 0.479. The summed E-state index contributed by atoms with van der Waals surface area (Å²) in [5, 5.41) is -0.0187. The Morgan fingerprint density at radius 1 is 1.33 bits per heavy atom. The third-order valence-electron chi connectivity index (χ3n) is 5.46. The SMILES string of the molecule is CCOC(=O)C(C)N1C(=O)S/C(=C\c2cc3c(cc2Cl)N(C)C(C)(C)C=C3C)C1=O. The van der Waals surface area contributed by atoms with E-state index in [2.05, 4.69) is 24.8 Å².